The standard InChI is InChI=1S/C13H17NO/c15-13(12-7-4-8-14-10-12)9-11-5-2-1-3-6-11/h1-3,5-6,12,14H,4,7-10H2/t12-/m0/s1. The second-order valence-corrected chi connectivity index (χ2v) is 4.17. The molecule has 1 aliphatic heterocycles. The SMILES string of the molecule is O=C(Cc1ccccc1)[C@H]1CCCNC1. The molecule has 1 atom stereocenters. The van der Waals surface area contributed by atoms with E-state index in [-0.39, 0.29) is 5.92 Å². The van der Waals surface area contributed by atoms with Crippen LogP contribution in [0.15, 0.2) is 30.3 Å². The van der Waals surface area contributed by atoms with E-state index in [4.69, 9.17) is 0 Å². The summed E-state index contributed by atoms with van der Waals surface area (Å²) in [6.45, 7) is 1.93. The Labute approximate surface area is 90.7 Å². The maximum absolute atomic E-state index is 11.9. The Bertz CT molecular complexity index is 315. The molecule has 0 spiro atoms. The number of Topliss-reactive ketones (excluding diaryl/α,β-unsaturated/α-hetero) is 1. The van der Waals surface area contributed by atoms with Gasteiger partial charge in [-0.15, -0.1) is 0 Å². The molecule has 1 N–H and O–H groups in total. The van der Waals surface area contributed by atoms with E-state index in [0.29, 0.717) is 12.2 Å². The third kappa shape index (κ3) is 2.90. The van der Waals surface area contributed by atoms with E-state index in [1.165, 1.54) is 0 Å². The Balaban J connectivity index is 1.91. The van der Waals surface area contributed by atoms with Crippen LogP contribution in [0, 0.1) is 5.92 Å². The van der Waals surface area contributed by atoms with Gasteiger partial charge in [0.25, 0.3) is 0 Å². The fourth-order valence-corrected chi connectivity index (χ4v) is 2.07. The van der Waals surface area contributed by atoms with Gasteiger partial charge in [0.1, 0.15) is 5.78 Å². The summed E-state index contributed by atoms with van der Waals surface area (Å²) in [4.78, 5) is 11.9. The molecule has 0 saturated carbocycles. The van der Waals surface area contributed by atoms with Crippen LogP contribution in [-0.2, 0) is 11.2 Å². The van der Waals surface area contributed by atoms with Crippen LogP contribution >= 0.6 is 0 Å². The molecule has 1 aromatic rings. The normalized spacial score (nSPS) is 21.2. The van der Waals surface area contributed by atoms with Gasteiger partial charge in [-0.3, -0.25) is 4.79 Å². The molecule has 1 saturated heterocycles. The van der Waals surface area contributed by atoms with Crippen molar-refractivity contribution in [2.75, 3.05) is 13.1 Å². The Morgan fingerprint density at radius 2 is 2.13 bits per heavy atom. The van der Waals surface area contributed by atoms with Crippen molar-refractivity contribution in [1.29, 1.82) is 0 Å². The van der Waals surface area contributed by atoms with Crippen molar-refractivity contribution in [3.05, 3.63) is 35.9 Å². The molecule has 15 heavy (non-hydrogen) atoms. The van der Waals surface area contributed by atoms with Crippen molar-refractivity contribution >= 4 is 5.78 Å². The molecule has 0 amide bonds. The predicted molar refractivity (Wildman–Crippen MR) is 60.7 cm³/mol. The van der Waals surface area contributed by atoms with Crippen LogP contribution < -0.4 is 5.32 Å². The summed E-state index contributed by atoms with van der Waals surface area (Å²) in [6, 6.07) is 10.0. The number of piperidine rings is 1. The number of hydrogen-bond donors (Lipinski definition) is 1. The lowest BCUT2D eigenvalue weighted by molar-refractivity contribution is -0.122. The zero-order chi connectivity index (χ0) is 10.5. The predicted octanol–water partition coefficient (Wildman–Crippen LogP) is 1.80. The Morgan fingerprint density at radius 3 is 2.80 bits per heavy atom. The van der Waals surface area contributed by atoms with E-state index in [1.807, 2.05) is 30.3 Å². The number of rotatable bonds is 3. The lowest BCUT2D eigenvalue weighted by atomic mass is 9.91. The van der Waals surface area contributed by atoms with Crippen LogP contribution in [0.1, 0.15) is 18.4 Å². The largest absolute Gasteiger partial charge is 0.316 e. The van der Waals surface area contributed by atoms with E-state index in [0.717, 1.165) is 31.5 Å². The molecule has 0 unspecified atom stereocenters. The van der Waals surface area contributed by atoms with Crippen molar-refractivity contribution in [2.45, 2.75) is 19.3 Å². The minimum absolute atomic E-state index is 0.235. The lowest BCUT2D eigenvalue weighted by Gasteiger charge is -2.21. The van der Waals surface area contributed by atoms with Gasteiger partial charge >= 0.3 is 0 Å². The third-order valence-electron chi connectivity index (χ3n) is 2.97. The molecule has 0 bridgehead atoms. The molecule has 0 radical (unpaired) electrons. The average Bonchev–Trinajstić information content (AvgIpc) is 2.31. The van der Waals surface area contributed by atoms with Gasteiger partial charge in [0.2, 0.25) is 0 Å². The van der Waals surface area contributed by atoms with E-state index < -0.39 is 0 Å². The van der Waals surface area contributed by atoms with Crippen molar-refractivity contribution in [3.8, 4) is 0 Å². The number of carbonyl (C=O) groups is 1. The highest BCUT2D eigenvalue weighted by Gasteiger charge is 2.20. The Morgan fingerprint density at radius 1 is 1.33 bits per heavy atom. The monoisotopic (exact) mass is 203 g/mol. The van der Waals surface area contributed by atoms with Gasteiger partial charge in [0, 0.05) is 18.9 Å². The first kappa shape index (κ1) is 10.4. The molecule has 0 aliphatic carbocycles. The summed E-state index contributed by atoms with van der Waals surface area (Å²) >= 11 is 0. The highest BCUT2D eigenvalue weighted by Crippen LogP contribution is 2.13. The van der Waals surface area contributed by atoms with Crippen LogP contribution in [0.4, 0.5) is 0 Å². The molecule has 2 rings (SSSR count). The van der Waals surface area contributed by atoms with Crippen molar-refractivity contribution < 1.29 is 4.79 Å². The molecule has 0 aromatic heterocycles. The maximum atomic E-state index is 11.9. The fraction of sp³-hybridized carbons (Fsp3) is 0.462. The zero-order valence-electron chi connectivity index (χ0n) is 8.91. The molecule has 1 fully saturated rings. The van der Waals surface area contributed by atoms with Gasteiger partial charge in [-0.2, -0.15) is 0 Å². The second-order valence-electron chi connectivity index (χ2n) is 4.17. The minimum atomic E-state index is 0.235. The number of nitrogens with one attached hydrogen (secondary N) is 1. The van der Waals surface area contributed by atoms with Gasteiger partial charge in [-0.25, -0.2) is 0 Å². The van der Waals surface area contributed by atoms with Gasteiger partial charge < -0.3 is 5.32 Å². The first-order valence-corrected chi connectivity index (χ1v) is 5.63. The summed E-state index contributed by atoms with van der Waals surface area (Å²) in [5.74, 6) is 0.618. The molecular formula is C13H17NO. The van der Waals surface area contributed by atoms with Crippen LogP contribution in [0.5, 0.6) is 0 Å². The molecule has 1 aromatic carbocycles. The maximum Gasteiger partial charge on any atom is 0.141 e. The Hall–Kier alpha value is -1.15. The highest BCUT2D eigenvalue weighted by atomic mass is 16.1. The van der Waals surface area contributed by atoms with E-state index >= 15 is 0 Å². The van der Waals surface area contributed by atoms with Crippen LogP contribution in [0.25, 0.3) is 0 Å². The molecule has 80 valence electrons. The van der Waals surface area contributed by atoms with E-state index in [9.17, 15) is 4.79 Å². The summed E-state index contributed by atoms with van der Waals surface area (Å²) in [7, 11) is 0. The summed E-state index contributed by atoms with van der Waals surface area (Å²) in [5, 5.41) is 3.28. The number of ketones is 1. The van der Waals surface area contributed by atoms with Crippen molar-refractivity contribution in [1.82, 2.24) is 5.32 Å². The van der Waals surface area contributed by atoms with Gasteiger partial charge in [0.05, 0.1) is 0 Å². The molecule has 2 nitrogen and oxygen atoms in total. The summed E-state index contributed by atoms with van der Waals surface area (Å²) in [6.07, 6.45) is 2.77. The Kier molecular flexibility index (Phi) is 3.51. The molecule has 1 aliphatic rings. The molecule has 2 heteroatoms. The fourth-order valence-electron chi connectivity index (χ4n) is 2.07. The minimum Gasteiger partial charge on any atom is -0.316 e. The van der Waals surface area contributed by atoms with E-state index in [1.54, 1.807) is 0 Å². The molecule has 1 heterocycles. The topological polar surface area (TPSA) is 29.1 Å². The van der Waals surface area contributed by atoms with Crippen LogP contribution in [0.3, 0.4) is 0 Å². The van der Waals surface area contributed by atoms with Gasteiger partial charge in [0.15, 0.2) is 0 Å². The second kappa shape index (κ2) is 5.08. The lowest BCUT2D eigenvalue weighted by Crippen LogP contribution is -2.35. The quantitative estimate of drug-likeness (QED) is 0.811. The van der Waals surface area contributed by atoms with Crippen LogP contribution in [-0.4, -0.2) is 18.9 Å². The van der Waals surface area contributed by atoms with Gasteiger partial charge in [-0.05, 0) is 24.9 Å². The molecular weight excluding hydrogens is 186 g/mol. The average molecular weight is 203 g/mol. The smallest absolute Gasteiger partial charge is 0.141 e. The highest BCUT2D eigenvalue weighted by molar-refractivity contribution is 5.83. The van der Waals surface area contributed by atoms with E-state index in [2.05, 4.69) is 5.32 Å². The first-order chi connectivity index (χ1) is 7.36. The first-order valence-electron chi connectivity index (χ1n) is 5.63. The summed E-state index contributed by atoms with van der Waals surface area (Å²) in [5.41, 5.74) is 1.13. The summed E-state index contributed by atoms with van der Waals surface area (Å²) < 4.78 is 0. The number of hydrogen-bond acceptors (Lipinski definition) is 2. The van der Waals surface area contributed by atoms with Crippen molar-refractivity contribution in [3.63, 3.8) is 0 Å². The van der Waals surface area contributed by atoms with Crippen LogP contribution in [0.2, 0.25) is 0 Å². The third-order valence-corrected chi connectivity index (χ3v) is 2.97. The zero-order valence-corrected chi connectivity index (χ0v) is 8.91. The number of benzene rings is 1. The van der Waals surface area contributed by atoms with Gasteiger partial charge in [-0.1, -0.05) is 30.3 Å². The number of carbonyl (C=O) groups excluding carboxylic acids is 1. The van der Waals surface area contributed by atoms with Crippen molar-refractivity contribution in [2.24, 2.45) is 5.92 Å².